The molecular weight excluding hydrogens is 500 g/mol. The van der Waals surface area contributed by atoms with Crippen LogP contribution in [0.3, 0.4) is 0 Å². The van der Waals surface area contributed by atoms with E-state index in [0.717, 1.165) is 20.4 Å². The van der Waals surface area contributed by atoms with E-state index in [-0.39, 0.29) is 17.3 Å². The summed E-state index contributed by atoms with van der Waals surface area (Å²) in [6.07, 6.45) is -7.26. The van der Waals surface area contributed by atoms with Crippen molar-refractivity contribution in [2.45, 2.75) is 39.6 Å². The van der Waals surface area contributed by atoms with E-state index >= 15 is 0 Å². The summed E-state index contributed by atoms with van der Waals surface area (Å²) in [7, 11) is 0. The summed E-state index contributed by atoms with van der Waals surface area (Å²) < 4.78 is 80.0. The van der Waals surface area contributed by atoms with E-state index in [1.807, 2.05) is 0 Å². The van der Waals surface area contributed by atoms with Crippen LogP contribution in [-0.4, -0.2) is 20.9 Å². The van der Waals surface area contributed by atoms with E-state index in [0.29, 0.717) is 22.9 Å². The number of rotatable bonds is 7. The Balaban J connectivity index is 1.46. The highest BCUT2D eigenvalue weighted by Gasteiger charge is 2.37. The molecule has 0 radical (unpaired) electrons. The van der Waals surface area contributed by atoms with Gasteiger partial charge in [0.25, 0.3) is 0 Å². The Kier molecular flexibility index (Phi) is 6.57. The van der Waals surface area contributed by atoms with Crippen molar-refractivity contribution in [2.24, 2.45) is 5.92 Å². The third-order valence-corrected chi connectivity index (χ3v) is 8.75. The van der Waals surface area contributed by atoms with Gasteiger partial charge in [0.15, 0.2) is 8.68 Å². The van der Waals surface area contributed by atoms with Crippen molar-refractivity contribution in [3.05, 3.63) is 39.7 Å². The standard InChI is InChI=1S/C18H13F6N3S4/c19-17(20,21)11-3-10(4-12(5-11)18(22,23)24)13-7-28-14(25-13)8-30-16-27-26-15(31-16)29-6-9-1-2-9/h3-5,7,9H,1-2,6,8H2. The van der Waals surface area contributed by atoms with E-state index in [2.05, 4.69) is 15.2 Å². The zero-order valence-corrected chi connectivity index (χ0v) is 18.7. The molecule has 2 aromatic heterocycles. The van der Waals surface area contributed by atoms with E-state index in [4.69, 9.17) is 0 Å². The maximum absolute atomic E-state index is 13.1. The van der Waals surface area contributed by atoms with Gasteiger partial charge in [-0.25, -0.2) is 4.98 Å². The van der Waals surface area contributed by atoms with E-state index in [1.165, 1.54) is 52.7 Å². The first-order valence-corrected chi connectivity index (χ1v) is 12.6. The molecule has 0 N–H and O–H groups in total. The van der Waals surface area contributed by atoms with Crippen LogP contribution in [-0.2, 0) is 18.1 Å². The van der Waals surface area contributed by atoms with Crippen LogP contribution in [0.25, 0.3) is 11.3 Å². The van der Waals surface area contributed by atoms with Crippen LogP contribution in [0.4, 0.5) is 26.3 Å². The number of thioether (sulfide) groups is 2. The lowest BCUT2D eigenvalue weighted by atomic mass is 10.0. The van der Waals surface area contributed by atoms with Gasteiger partial charge in [-0.15, -0.1) is 21.5 Å². The lowest BCUT2D eigenvalue weighted by Crippen LogP contribution is -2.11. The highest BCUT2D eigenvalue weighted by molar-refractivity contribution is 8.03. The predicted molar refractivity (Wildman–Crippen MR) is 110 cm³/mol. The fourth-order valence-electron chi connectivity index (χ4n) is 2.52. The smallest absolute Gasteiger partial charge is 0.240 e. The average Bonchev–Trinajstić information content (AvgIpc) is 3.22. The van der Waals surface area contributed by atoms with Gasteiger partial charge < -0.3 is 0 Å². The monoisotopic (exact) mass is 513 g/mol. The molecule has 0 amide bonds. The molecule has 31 heavy (non-hydrogen) atoms. The second kappa shape index (κ2) is 8.91. The van der Waals surface area contributed by atoms with Gasteiger partial charge in [-0.05, 0) is 37.0 Å². The van der Waals surface area contributed by atoms with Crippen molar-refractivity contribution in [3.8, 4) is 11.3 Å². The molecule has 1 aliphatic carbocycles. The first-order chi connectivity index (χ1) is 14.6. The Morgan fingerprint density at radius 3 is 2.10 bits per heavy atom. The quantitative estimate of drug-likeness (QED) is 0.242. The number of nitrogens with zero attached hydrogens (tertiary/aromatic N) is 3. The molecule has 13 heteroatoms. The second-order valence-corrected chi connectivity index (χ2v) is 11.2. The highest BCUT2D eigenvalue weighted by Crippen LogP contribution is 2.40. The van der Waals surface area contributed by atoms with Crippen molar-refractivity contribution in [1.82, 2.24) is 15.2 Å². The van der Waals surface area contributed by atoms with Crippen LogP contribution < -0.4 is 0 Å². The number of aromatic nitrogens is 3. The van der Waals surface area contributed by atoms with Crippen LogP contribution in [0.5, 0.6) is 0 Å². The zero-order chi connectivity index (χ0) is 22.2. The molecule has 0 aliphatic heterocycles. The lowest BCUT2D eigenvalue weighted by Gasteiger charge is -2.13. The maximum Gasteiger partial charge on any atom is 0.416 e. The third-order valence-electron chi connectivity index (χ3n) is 4.28. The molecule has 3 nitrogen and oxygen atoms in total. The summed E-state index contributed by atoms with van der Waals surface area (Å²) in [6, 6.07) is 1.49. The minimum absolute atomic E-state index is 0.0788. The number of benzene rings is 1. The van der Waals surface area contributed by atoms with Gasteiger partial charge in [0.05, 0.1) is 22.6 Å². The molecule has 0 bridgehead atoms. The largest absolute Gasteiger partial charge is 0.416 e. The summed E-state index contributed by atoms with van der Waals surface area (Å²) in [4.78, 5) is 4.23. The first-order valence-electron chi connectivity index (χ1n) is 8.91. The van der Waals surface area contributed by atoms with Gasteiger partial charge in [0.1, 0.15) is 5.01 Å². The SMILES string of the molecule is FC(F)(F)c1cc(-c2csc(CSc3nnc(SCC4CC4)s3)n2)cc(C(F)(F)F)c1. The molecule has 166 valence electrons. The second-order valence-electron chi connectivity index (χ2n) is 6.80. The van der Waals surface area contributed by atoms with Crippen molar-refractivity contribution >= 4 is 46.2 Å². The Hall–Kier alpha value is -1.31. The van der Waals surface area contributed by atoms with E-state index in [1.54, 1.807) is 11.8 Å². The molecular formula is C18H13F6N3S4. The summed E-state index contributed by atoms with van der Waals surface area (Å²) in [5.41, 5.74) is -2.85. The fourth-order valence-corrected chi connectivity index (χ4v) is 6.58. The number of halogens is 6. The van der Waals surface area contributed by atoms with Gasteiger partial charge in [0.2, 0.25) is 0 Å². The van der Waals surface area contributed by atoms with Gasteiger partial charge >= 0.3 is 12.4 Å². The van der Waals surface area contributed by atoms with Crippen molar-refractivity contribution in [1.29, 1.82) is 0 Å². The Morgan fingerprint density at radius 1 is 0.903 bits per heavy atom. The molecule has 0 unspecified atom stereocenters. The van der Waals surface area contributed by atoms with Crippen molar-refractivity contribution in [3.63, 3.8) is 0 Å². The van der Waals surface area contributed by atoms with Crippen LogP contribution in [0.15, 0.2) is 32.3 Å². The first kappa shape index (κ1) is 22.9. The van der Waals surface area contributed by atoms with Crippen LogP contribution in [0.1, 0.15) is 29.0 Å². The molecule has 1 saturated carbocycles. The average molecular weight is 514 g/mol. The molecule has 2 heterocycles. The molecule has 3 aromatic rings. The Bertz CT molecular complexity index is 1020. The van der Waals surface area contributed by atoms with Crippen LogP contribution in [0, 0.1) is 5.92 Å². The van der Waals surface area contributed by atoms with Gasteiger partial charge in [0, 0.05) is 16.7 Å². The number of hydrogen-bond acceptors (Lipinski definition) is 7. The number of thiazole rings is 1. The summed E-state index contributed by atoms with van der Waals surface area (Å²) >= 11 is 5.70. The van der Waals surface area contributed by atoms with Crippen LogP contribution in [0.2, 0.25) is 0 Å². The van der Waals surface area contributed by atoms with Crippen LogP contribution >= 0.6 is 46.2 Å². The van der Waals surface area contributed by atoms with Gasteiger partial charge in [-0.2, -0.15) is 26.3 Å². The summed E-state index contributed by atoms with van der Waals surface area (Å²) in [6.45, 7) is 0. The summed E-state index contributed by atoms with van der Waals surface area (Å²) in [5.74, 6) is 2.21. The number of alkyl halides is 6. The predicted octanol–water partition coefficient (Wildman–Crippen LogP) is 7.49. The molecule has 1 fully saturated rings. The minimum Gasteiger partial charge on any atom is -0.240 e. The molecule has 1 aromatic carbocycles. The van der Waals surface area contributed by atoms with E-state index < -0.39 is 23.5 Å². The van der Waals surface area contributed by atoms with Crippen molar-refractivity contribution in [2.75, 3.05) is 5.75 Å². The molecule has 0 spiro atoms. The molecule has 0 atom stereocenters. The van der Waals surface area contributed by atoms with Gasteiger partial charge in [-0.3, -0.25) is 0 Å². The van der Waals surface area contributed by atoms with Gasteiger partial charge in [-0.1, -0.05) is 34.9 Å². The maximum atomic E-state index is 13.1. The molecule has 4 rings (SSSR count). The number of hydrogen-bond donors (Lipinski definition) is 0. The van der Waals surface area contributed by atoms with E-state index in [9.17, 15) is 26.3 Å². The minimum atomic E-state index is -4.89. The highest BCUT2D eigenvalue weighted by atomic mass is 32.2. The molecule has 0 saturated heterocycles. The topological polar surface area (TPSA) is 38.7 Å². The zero-order valence-electron chi connectivity index (χ0n) is 15.5. The summed E-state index contributed by atoms with van der Waals surface area (Å²) in [5, 5.41) is 10.3. The fraction of sp³-hybridized carbons (Fsp3) is 0.389. The Morgan fingerprint density at radius 2 is 1.52 bits per heavy atom. The third kappa shape index (κ3) is 6.14. The normalized spacial score (nSPS) is 14.9. The Labute approximate surface area is 189 Å². The van der Waals surface area contributed by atoms with Crippen molar-refractivity contribution < 1.29 is 26.3 Å². The molecule has 1 aliphatic rings. The lowest BCUT2D eigenvalue weighted by molar-refractivity contribution is -0.143.